The summed E-state index contributed by atoms with van der Waals surface area (Å²) in [6, 6.07) is 6.86. The number of anilines is 1. The summed E-state index contributed by atoms with van der Waals surface area (Å²) < 4.78 is 28.9. The molecular formula is C23H34N2O7. The summed E-state index contributed by atoms with van der Waals surface area (Å²) >= 11 is 0. The Balaban J connectivity index is 1.48. The second kappa shape index (κ2) is 11.6. The molecule has 1 aromatic carbocycles. The first-order valence-electron chi connectivity index (χ1n) is 11.2. The lowest BCUT2D eigenvalue weighted by Gasteiger charge is -2.23. The van der Waals surface area contributed by atoms with Gasteiger partial charge in [-0.1, -0.05) is 37.8 Å². The van der Waals surface area contributed by atoms with Crippen LogP contribution >= 0.6 is 0 Å². The fourth-order valence-corrected chi connectivity index (χ4v) is 3.70. The van der Waals surface area contributed by atoms with Gasteiger partial charge in [0.1, 0.15) is 24.1 Å². The summed E-state index contributed by atoms with van der Waals surface area (Å²) in [5.74, 6) is -0.0603. The molecule has 2 heterocycles. The number of nitrogens with zero attached hydrogens (tertiary/aromatic N) is 1. The number of methoxy groups -OCH3 is 1. The highest BCUT2D eigenvalue weighted by molar-refractivity contribution is 5.84. The van der Waals surface area contributed by atoms with E-state index >= 15 is 0 Å². The van der Waals surface area contributed by atoms with Crippen LogP contribution in [0.1, 0.15) is 52.9 Å². The molecule has 0 saturated carbocycles. The molecule has 1 aromatic rings. The van der Waals surface area contributed by atoms with E-state index < -0.39 is 30.4 Å². The SMILES string of the molecule is CCCCCCCO[C@H]1O[C@H](/C=N/OC(=O)Nc2ccc(OC)cc2)[C@@H]2OC(C)(C)O[C@H]12. The number of carbonyl (C=O) groups excluding carboxylic acids is 1. The number of unbranched alkanes of at least 4 members (excludes halogenated alkanes) is 4. The van der Waals surface area contributed by atoms with Gasteiger partial charge in [0.05, 0.1) is 13.3 Å². The summed E-state index contributed by atoms with van der Waals surface area (Å²) in [6.07, 6.45) is 4.54. The minimum Gasteiger partial charge on any atom is -0.497 e. The van der Waals surface area contributed by atoms with E-state index in [0.717, 1.165) is 12.8 Å². The minimum atomic E-state index is -0.749. The molecule has 1 amide bonds. The molecule has 32 heavy (non-hydrogen) atoms. The van der Waals surface area contributed by atoms with E-state index in [2.05, 4.69) is 17.4 Å². The van der Waals surface area contributed by atoms with Crippen molar-refractivity contribution in [2.24, 2.45) is 5.16 Å². The maximum Gasteiger partial charge on any atom is 0.437 e. The summed E-state index contributed by atoms with van der Waals surface area (Å²) in [7, 11) is 1.57. The number of hydrogen-bond donors (Lipinski definition) is 1. The maximum absolute atomic E-state index is 12.0. The summed E-state index contributed by atoms with van der Waals surface area (Å²) in [6.45, 7) is 6.47. The van der Waals surface area contributed by atoms with Crippen LogP contribution in [0.4, 0.5) is 10.5 Å². The number of nitrogens with one attached hydrogen (secondary N) is 1. The van der Waals surface area contributed by atoms with Crippen molar-refractivity contribution in [3.05, 3.63) is 24.3 Å². The van der Waals surface area contributed by atoms with Gasteiger partial charge in [-0.3, -0.25) is 10.2 Å². The Morgan fingerprint density at radius 3 is 2.56 bits per heavy atom. The number of rotatable bonds is 11. The maximum atomic E-state index is 12.0. The number of benzene rings is 1. The zero-order valence-electron chi connectivity index (χ0n) is 19.2. The van der Waals surface area contributed by atoms with Gasteiger partial charge < -0.3 is 23.7 Å². The monoisotopic (exact) mass is 450 g/mol. The molecule has 0 bridgehead atoms. The fourth-order valence-electron chi connectivity index (χ4n) is 3.70. The van der Waals surface area contributed by atoms with Crippen LogP contribution in [0.15, 0.2) is 29.4 Å². The molecule has 9 nitrogen and oxygen atoms in total. The van der Waals surface area contributed by atoms with Crippen LogP contribution in [-0.4, -0.2) is 56.4 Å². The van der Waals surface area contributed by atoms with Crippen molar-refractivity contribution in [1.82, 2.24) is 0 Å². The zero-order chi connectivity index (χ0) is 23.0. The summed E-state index contributed by atoms with van der Waals surface area (Å²) in [5, 5.41) is 6.36. The van der Waals surface area contributed by atoms with Crippen LogP contribution in [0.2, 0.25) is 0 Å². The van der Waals surface area contributed by atoms with E-state index in [-0.39, 0.29) is 6.10 Å². The second-order valence-corrected chi connectivity index (χ2v) is 8.31. The molecule has 9 heteroatoms. The third-order valence-corrected chi connectivity index (χ3v) is 5.26. The quantitative estimate of drug-likeness (QED) is 0.230. The normalized spacial score (nSPS) is 26.2. The molecule has 0 unspecified atom stereocenters. The van der Waals surface area contributed by atoms with Crippen molar-refractivity contribution in [3.8, 4) is 5.75 Å². The summed E-state index contributed by atoms with van der Waals surface area (Å²) in [4.78, 5) is 16.9. The lowest BCUT2D eigenvalue weighted by molar-refractivity contribution is -0.225. The third-order valence-electron chi connectivity index (χ3n) is 5.26. The Hall–Kier alpha value is -2.20. The van der Waals surface area contributed by atoms with Gasteiger partial charge in [-0.05, 0) is 44.5 Å². The van der Waals surface area contributed by atoms with E-state index in [1.165, 1.54) is 25.5 Å². The van der Waals surface area contributed by atoms with Gasteiger partial charge in [-0.2, -0.15) is 0 Å². The van der Waals surface area contributed by atoms with E-state index in [9.17, 15) is 4.79 Å². The Morgan fingerprint density at radius 1 is 1.12 bits per heavy atom. The highest BCUT2D eigenvalue weighted by atomic mass is 16.8. The highest BCUT2D eigenvalue weighted by Gasteiger charge is 2.55. The molecule has 1 N–H and O–H groups in total. The molecule has 0 aliphatic carbocycles. The van der Waals surface area contributed by atoms with Crippen LogP contribution in [0.3, 0.4) is 0 Å². The zero-order valence-corrected chi connectivity index (χ0v) is 19.2. The molecular weight excluding hydrogens is 416 g/mol. The molecule has 0 aromatic heterocycles. The topological polar surface area (TPSA) is 96.8 Å². The lowest BCUT2D eigenvalue weighted by Crippen LogP contribution is -2.31. The Morgan fingerprint density at radius 2 is 1.84 bits per heavy atom. The molecule has 2 fully saturated rings. The predicted molar refractivity (Wildman–Crippen MR) is 119 cm³/mol. The van der Waals surface area contributed by atoms with Crippen molar-refractivity contribution in [2.45, 2.75) is 83.3 Å². The number of hydrogen-bond acceptors (Lipinski definition) is 8. The van der Waals surface area contributed by atoms with Crippen LogP contribution in [0.5, 0.6) is 5.75 Å². The lowest BCUT2D eigenvalue weighted by atomic mass is 10.1. The second-order valence-electron chi connectivity index (χ2n) is 8.31. The predicted octanol–water partition coefficient (Wildman–Crippen LogP) is 4.46. The first kappa shape index (κ1) is 24.4. The first-order valence-corrected chi connectivity index (χ1v) is 11.2. The molecule has 4 atom stereocenters. The highest BCUT2D eigenvalue weighted by Crippen LogP contribution is 2.38. The van der Waals surface area contributed by atoms with Crippen LogP contribution in [0, 0.1) is 0 Å². The Kier molecular flexibility index (Phi) is 8.86. The number of carbonyl (C=O) groups is 1. The number of ether oxygens (including phenoxy) is 5. The van der Waals surface area contributed by atoms with Gasteiger partial charge in [0.25, 0.3) is 0 Å². The molecule has 3 rings (SSSR count). The number of oxime groups is 1. The fraction of sp³-hybridized carbons (Fsp3) is 0.652. The van der Waals surface area contributed by atoms with Crippen LogP contribution < -0.4 is 10.1 Å². The van der Waals surface area contributed by atoms with Crippen LogP contribution in [0.25, 0.3) is 0 Å². The molecule has 178 valence electrons. The average molecular weight is 451 g/mol. The van der Waals surface area contributed by atoms with Crippen molar-refractivity contribution in [3.63, 3.8) is 0 Å². The van der Waals surface area contributed by atoms with Gasteiger partial charge in [0.2, 0.25) is 0 Å². The Bertz CT molecular complexity index is 753. The van der Waals surface area contributed by atoms with Crippen LogP contribution in [-0.2, 0) is 23.8 Å². The minimum absolute atomic E-state index is 0.370. The average Bonchev–Trinajstić information content (AvgIpc) is 3.24. The molecule has 0 spiro atoms. The van der Waals surface area contributed by atoms with Gasteiger partial charge in [0, 0.05) is 12.3 Å². The van der Waals surface area contributed by atoms with Crippen molar-refractivity contribution in [2.75, 3.05) is 19.0 Å². The third kappa shape index (κ3) is 6.90. The standard InChI is InChI=1S/C23H34N2O7/c1-5-6-7-8-9-14-28-21-20-19(30-23(2,3)31-20)18(29-21)15-24-32-22(26)25-16-10-12-17(27-4)13-11-16/h10-13,15,18-21H,5-9,14H2,1-4H3,(H,25,26)/b24-15+/t18-,19+,20+,21+/m1/s1. The van der Waals surface area contributed by atoms with Gasteiger partial charge in [0.15, 0.2) is 12.1 Å². The van der Waals surface area contributed by atoms with Crippen molar-refractivity contribution < 1.29 is 33.3 Å². The first-order chi connectivity index (χ1) is 15.4. The molecule has 2 aliphatic rings. The molecule has 2 saturated heterocycles. The van der Waals surface area contributed by atoms with Crippen molar-refractivity contribution >= 4 is 18.0 Å². The molecule has 0 radical (unpaired) electrons. The smallest absolute Gasteiger partial charge is 0.437 e. The van der Waals surface area contributed by atoms with Gasteiger partial charge >= 0.3 is 6.09 Å². The summed E-state index contributed by atoms with van der Waals surface area (Å²) in [5.41, 5.74) is 0.560. The number of amides is 1. The van der Waals surface area contributed by atoms with E-state index in [0.29, 0.717) is 18.0 Å². The van der Waals surface area contributed by atoms with Gasteiger partial charge in [-0.15, -0.1) is 0 Å². The number of fused-ring (bicyclic) bond motifs is 1. The Labute approximate surface area is 189 Å². The van der Waals surface area contributed by atoms with E-state index in [4.69, 9.17) is 28.5 Å². The van der Waals surface area contributed by atoms with Crippen molar-refractivity contribution in [1.29, 1.82) is 0 Å². The largest absolute Gasteiger partial charge is 0.497 e. The van der Waals surface area contributed by atoms with E-state index in [1.807, 2.05) is 13.8 Å². The molecule has 2 aliphatic heterocycles. The van der Waals surface area contributed by atoms with Gasteiger partial charge in [-0.25, -0.2) is 4.79 Å². The van der Waals surface area contributed by atoms with E-state index in [1.54, 1.807) is 31.4 Å².